The van der Waals surface area contributed by atoms with E-state index in [0.717, 1.165) is 61.5 Å². The molecule has 0 spiro atoms. The third kappa shape index (κ3) is 16.1. The van der Waals surface area contributed by atoms with Crippen LogP contribution in [0.25, 0.3) is 0 Å². The minimum absolute atomic E-state index is 0.184. The molecule has 0 saturated carbocycles. The van der Waals surface area contributed by atoms with Crippen molar-refractivity contribution in [2.45, 2.75) is 71.6 Å². The Balaban J connectivity index is 1.72. The molecule has 0 saturated heterocycles. The molecule has 0 aliphatic heterocycles. The zero-order chi connectivity index (χ0) is 29.7. The molecule has 0 aliphatic rings. The molecule has 8 heteroatoms. The van der Waals surface area contributed by atoms with Crippen LogP contribution in [0, 0.1) is 0 Å². The van der Waals surface area contributed by atoms with E-state index in [-0.39, 0.29) is 12.1 Å². The molecule has 0 aliphatic carbocycles. The van der Waals surface area contributed by atoms with E-state index in [2.05, 4.69) is 59.0 Å². The van der Waals surface area contributed by atoms with Crippen molar-refractivity contribution in [3.63, 3.8) is 0 Å². The van der Waals surface area contributed by atoms with Gasteiger partial charge in [-0.1, -0.05) is 63.8 Å². The number of urea groups is 2. The molecule has 228 valence electrons. The van der Waals surface area contributed by atoms with Crippen LogP contribution in [0.1, 0.15) is 76.3 Å². The van der Waals surface area contributed by atoms with Gasteiger partial charge in [-0.2, -0.15) is 0 Å². The number of nitrogens with one attached hydrogen (secondary N) is 4. The van der Waals surface area contributed by atoms with Crippen molar-refractivity contribution in [3.8, 4) is 0 Å². The second kappa shape index (κ2) is 20.7. The molecule has 0 heterocycles. The summed E-state index contributed by atoms with van der Waals surface area (Å²) >= 11 is 0. The Bertz CT molecular complexity index is 935. The number of unbranched alkanes of at least 4 members (excludes halogenated alkanes) is 4. The molecule has 41 heavy (non-hydrogen) atoms. The fourth-order valence-electron chi connectivity index (χ4n) is 4.69. The molecule has 4 amide bonds. The van der Waals surface area contributed by atoms with Gasteiger partial charge in [-0.25, -0.2) is 9.59 Å². The van der Waals surface area contributed by atoms with Crippen LogP contribution in [0.15, 0.2) is 48.5 Å². The normalized spacial score (nSPS) is 11.1. The molecule has 0 atom stereocenters. The van der Waals surface area contributed by atoms with Crippen LogP contribution >= 0.6 is 0 Å². The topological polar surface area (TPSA) is 88.7 Å². The number of rotatable bonds is 20. The number of benzene rings is 2. The van der Waals surface area contributed by atoms with Crippen LogP contribution in [0.5, 0.6) is 0 Å². The second-order valence-corrected chi connectivity index (χ2v) is 11.1. The van der Waals surface area contributed by atoms with Gasteiger partial charge in [0.2, 0.25) is 0 Å². The predicted octanol–water partition coefficient (Wildman–Crippen LogP) is 6.54. The third-order valence-electron chi connectivity index (χ3n) is 7.07. The summed E-state index contributed by atoms with van der Waals surface area (Å²) in [5, 5.41) is 11.8. The number of hydrogen-bond acceptors (Lipinski definition) is 4. The average molecular weight is 567 g/mol. The van der Waals surface area contributed by atoms with Crippen LogP contribution < -0.4 is 21.3 Å². The van der Waals surface area contributed by atoms with Gasteiger partial charge >= 0.3 is 12.1 Å². The maximum Gasteiger partial charge on any atom is 0.319 e. The molecule has 0 aromatic heterocycles. The van der Waals surface area contributed by atoms with Gasteiger partial charge in [-0.15, -0.1) is 0 Å². The Morgan fingerprint density at radius 1 is 0.610 bits per heavy atom. The minimum Gasteiger partial charge on any atom is -0.338 e. The molecular formula is C33H54N6O2. The highest BCUT2D eigenvalue weighted by molar-refractivity contribution is 5.89. The van der Waals surface area contributed by atoms with Crippen molar-refractivity contribution in [2.75, 3.05) is 64.0 Å². The van der Waals surface area contributed by atoms with Crippen LogP contribution in [0.4, 0.5) is 21.0 Å². The lowest BCUT2D eigenvalue weighted by Crippen LogP contribution is -2.32. The largest absolute Gasteiger partial charge is 0.338 e. The maximum absolute atomic E-state index is 12.4. The van der Waals surface area contributed by atoms with Crippen molar-refractivity contribution in [3.05, 3.63) is 59.7 Å². The monoisotopic (exact) mass is 566 g/mol. The van der Waals surface area contributed by atoms with Gasteiger partial charge < -0.3 is 31.1 Å². The first-order chi connectivity index (χ1) is 19.9. The summed E-state index contributed by atoms with van der Waals surface area (Å²) in [7, 11) is 4.28. The first-order valence-electron chi connectivity index (χ1n) is 15.5. The summed E-state index contributed by atoms with van der Waals surface area (Å²) in [6.45, 7) is 9.90. The Morgan fingerprint density at radius 3 is 1.44 bits per heavy atom. The van der Waals surface area contributed by atoms with Crippen LogP contribution in [-0.2, 0) is 6.42 Å². The SMILES string of the molecule is CCCCCN(C)CCCNC(=O)Nc1cccc(Cc2cccc(NC(=O)NCCCN(C)CCCCC)c2)c1. The molecule has 2 rings (SSSR count). The van der Waals surface area contributed by atoms with Gasteiger partial charge in [0.05, 0.1) is 0 Å². The van der Waals surface area contributed by atoms with E-state index in [1.165, 1.54) is 38.5 Å². The van der Waals surface area contributed by atoms with Crippen LogP contribution in [0.2, 0.25) is 0 Å². The summed E-state index contributed by atoms with van der Waals surface area (Å²) in [4.78, 5) is 29.4. The zero-order valence-corrected chi connectivity index (χ0v) is 25.9. The van der Waals surface area contributed by atoms with E-state index in [0.29, 0.717) is 19.5 Å². The van der Waals surface area contributed by atoms with E-state index in [1.54, 1.807) is 0 Å². The van der Waals surface area contributed by atoms with Crippen molar-refractivity contribution < 1.29 is 9.59 Å². The molecule has 0 unspecified atom stereocenters. The second-order valence-electron chi connectivity index (χ2n) is 11.1. The van der Waals surface area contributed by atoms with Crippen molar-refractivity contribution in [1.82, 2.24) is 20.4 Å². The van der Waals surface area contributed by atoms with Crippen LogP contribution in [-0.4, -0.2) is 75.2 Å². The maximum atomic E-state index is 12.4. The number of carbonyl (C=O) groups is 2. The Hall–Kier alpha value is -3.10. The standard InChI is InChI=1S/C33H54N6O2/c1-5-7-9-21-38(3)23-13-19-34-32(40)36-30-17-11-15-28(26-30)25-29-16-12-18-31(27-29)37-33(41)35-20-14-24-39(4)22-10-8-6-2/h11-12,15-18,26-27H,5-10,13-14,19-25H2,1-4H3,(H2,34,36,40)(H2,35,37,41). The number of hydrogen-bond donors (Lipinski definition) is 4. The lowest BCUT2D eigenvalue weighted by atomic mass is 10.0. The Morgan fingerprint density at radius 2 is 1.02 bits per heavy atom. The molecule has 0 radical (unpaired) electrons. The molecule has 0 fully saturated rings. The van der Waals surface area contributed by atoms with E-state index in [4.69, 9.17) is 0 Å². The predicted molar refractivity (Wildman–Crippen MR) is 173 cm³/mol. The number of amides is 4. The number of anilines is 2. The molecular weight excluding hydrogens is 512 g/mol. The highest BCUT2D eigenvalue weighted by atomic mass is 16.2. The molecule has 8 nitrogen and oxygen atoms in total. The fourth-order valence-corrected chi connectivity index (χ4v) is 4.69. The highest BCUT2D eigenvalue weighted by Crippen LogP contribution is 2.17. The number of nitrogens with zero attached hydrogens (tertiary/aromatic N) is 2. The molecule has 4 N–H and O–H groups in total. The average Bonchev–Trinajstić information content (AvgIpc) is 2.94. The van der Waals surface area contributed by atoms with E-state index in [9.17, 15) is 9.59 Å². The molecule has 0 bridgehead atoms. The Labute approximate surface area is 248 Å². The lowest BCUT2D eigenvalue weighted by Gasteiger charge is -2.16. The first-order valence-corrected chi connectivity index (χ1v) is 15.5. The van der Waals surface area contributed by atoms with Crippen molar-refractivity contribution in [1.29, 1.82) is 0 Å². The van der Waals surface area contributed by atoms with E-state index < -0.39 is 0 Å². The summed E-state index contributed by atoms with van der Waals surface area (Å²) in [6.07, 6.45) is 10.00. The van der Waals surface area contributed by atoms with Gasteiger partial charge in [-0.3, -0.25) is 0 Å². The van der Waals surface area contributed by atoms with E-state index >= 15 is 0 Å². The van der Waals surface area contributed by atoms with Crippen molar-refractivity contribution in [2.24, 2.45) is 0 Å². The van der Waals surface area contributed by atoms with E-state index in [1.807, 2.05) is 48.5 Å². The molecule has 2 aromatic rings. The van der Waals surface area contributed by atoms with Gasteiger partial charge in [-0.05, 0) is 108 Å². The molecule has 2 aromatic carbocycles. The zero-order valence-electron chi connectivity index (χ0n) is 25.9. The quantitative estimate of drug-likeness (QED) is 0.137. The van der Waals surface area contributed by atoms with Gasteiger partial charge in [0.1, 0.15) is 0 Å². The third-order valence-corrected chi connectivity index (χ3v) is 7.07. The summed E-state index contributed by atoms with van der Waals surface area (Å²) in [5.41, 5.74) is 3.70. The summed E-state index contributed by atoms with van der Waals surface area (Å²) in [6, 6.07) is 15.4. The van der Waals surface area contributed by atoms with Gasteiger partial charge in [0.25, 0.3) is 0 Å². The number of carbonyl (C=O) groups excluding carboxylic acids is 2. The van der Waals surface area contributed by atoms with Gasteiger partial charge in [0, 0.05) is 24.5 Å². The van der Waals surface area contributed by atoms with Gasteiger partial charge in [0.15, 0.2) is 0 Å². The first kappa shape index (κ1) is 34.1. The summed E-state index contributed by atoms with van der Waals surface area (Å²) < 4.78 is 0. The lowest BCUT2D eigenvalue weighted by molar-refractivity contribution is 0.250. The summed E-state index contributed by atoms with van der Waals surface area (Å²) in [5.74, 6) is 0. The van der Waals surface area contributed by atoms with Crippen molar-refractivity contribution >= 4 is 23.4 Å². The van der Waals surface area contributed by atoms with Crippen LogP contribution in [0.3, 0.4) is 0 Å². The highest BCUT2D eigenvalue weighted by Gasteiger charge is 2.06. The smallest absolute Gasteiger partial charge is 0.319 e. The Kier molecular flexibility index (Phi) is 17.2. The fraction of sp³-hybridized carbons (Fsp3) is 0.576. The minimum atomic E-state index is -0.184.